The van der Waals surface area contributed by atoms with Crippen LogP contribution >= 0.6 is 11.6 Å². The summed E-state index contributed by atoms with van der Waals surface area (Å²) in [6, 6.07) is 33.0. The molecular weight excluding hydrogens is 672 g/mol. The lowest BCUT2D eigenvalue weighted by atomic mass is 10.0. The second-order valence-electron chi connectivity index (χ2n) is 13.5. The first-order valence-corrected chi connectivity index (χ1v) is 18.8. The number of hydrogen-bond donors (Lipinski definition) is 2. The number of nitrogens with one attached hydrogen (secondary N) is 1. The van der Waals surface area contributed by atoms with Gasteiger partial charge in [-0.3, -0.25) is 9.59 Å². The van der Waals surface area contributed by atoms with Gasteiger partial charge in [0.1, 0.15) is 18.5 Å². The predicted molar refractivity (Wildman–Crippen MR) is 211 cm³/mol. The molecule has 2 unspecified atom stereocenters. The number of rotatable bonds is 14. The number of fused-ring (bicyclic) bond motifs is 1. The number of aliphatic hydroxyl groups is 1. The number of Topliss-reactive ketones (excluding diaryl/α,β-unsaturated/α-hetero) is 1. The largest absolute Gasteiger partial charge is 0.490 e. The summed E-state index contributed by atoms with van der Waals surface area (Å²) in [5.41, 5.74) is 3.84. The Morgan fingerprint density at radius 2 is 1.63 bits per heavy atom. The number of aromatic nitrogens is 2. The lowest BCUT2D eigenvalue weighted by molar-refractivity contribution is 0.0950. The Morgan fingerprint density at radius 1 is 0.923 bits per heavy atom. The van der Waals surface area contributed by atoms with E-state index in [1.807, 2.05) is 91.0 Å². The fraction of sp³-hybridized carbons (Fsp3) is 0.372. The van der Waals surface area contributed by atoms with E-state index in [2.05, 4.69) is 24.2 Å². The molecule has 9 heteroatoms. The SMILES string of the molecule is CCCNCC(O)COc1ccccc1C(=O)CCc1ccccc1.CN1CCCC(n2nc(Cc3ccc(Cl)cc3)c3ccccc3c2=O)CC1. The van der Waals surface area contributed by atoms with Gasteiger partial charge in [-0.15, -0.1) is 0 Å². The van der Waals surface area contributed by atoms with Crippen LogP contribution in [0.5, 0.6) is 5.75 Å². The van der Waals surface area contributed by atoms with Gasteiger partial charge in [-0.25, -0.2) is 4.68 Å². The number of nitrogens with zero attached hydrogens (tertiary/aromatic N) is 3. The molecule has 2 atom stereocenters. The van der Waals surface area contributed by atoms with E-state index in [-0.39, 0.29) is 24.0 Å². The van der Waals surface area contributed by atoms with Gasteiger partial charge in [0.05, 0.1) is 22.7 Å². The molecular formula is C43H51ClN4O4. The molecule has 1 aliphatic heterocycles. The zero-order valence-corrected chi connectivity index (χ0v) is 31.1. The standard InChI is InChI=1S/C22H24ClN3O.C21H27NO3/c1-25-13-4-5-18(12-14-25)26-22(27)20-7-3-2-6-19(20)21(24-26)15-16-8-10-17(23)11-9-16;1-2-14-22-15-18(23)16-25-21-11-7-6-10-19(21)20(24)13-12-17-8-4-3-5-9-17/h2-3,6-11,18H,4-5,12-15H2,1H3;3-11,18,22-23H,2,12-16H2,1H3. The van der Waals surface area contributed by atoms with Crippen molar-refractivity contribution in [3.05, 3.63) is 141 Å². The summed E-state index contributed by atoms with van der Waals surface area (Å²) < 4.78 is 7.45. The van der Waals surface area contributed by atoms with Gasteiger partial charge < -0.3 is 20.1 Å². The van der Waals surface area contributed by atoms with Crippen molar-refractivity contribution in [3.8, 4) is 5.75 Å². The minimum absolute atomic E-state index is 0.0278. The Labute approximate surface area is 312 Å². The first-order chi connectivity index (χ1) is 25.3. The maximum absolute atomic E-state index is 13.1. The number of likely N-dealkylation sites (tertiary alicyclic amines) is 1. The number of halogens is 1. The third-order valence-electron chi connectivity index (χ3n) is 9.37. The molecule has 8 nitrogen and oxygen atoms in total. The van der Waals surface area contributed by atoms with Crippen molar-refractivity contribution in [3.63, 3.8) is 0 Å². The summed E-state index contributed by atoms with van der Waals surface area (Å²) in [5.74, 6) is 0.591. The average Bonchev–Trinajstić information content (AvgIpc) is 3.40. The Morgan fingerprint density at radius 3 is 2.40 bits per heavy atom. The maximum Gasteiger partial charge on any atom is 0.274 e. The van der Waals surface area contributed by atoms with Gasteiger partial charge in [0.2, 0.25) is 0 Å². The first-order valence-electron chi connectivity index (χ1n) is 18.4. The van der Waals surface area contributed by atoms with Crippen molar-refractivity contribution in [1.29, 1.82) is 0 Å². The quantitative estimate of drug-likeness (QED) is 0.0904. The number of benzene rings is 4. The van der Waals surface area contributed by atoms with Crippen LogP contribution < -0.4 is 15.6 Å². The zero-order valence-electron chi connectivity index (χ0n) is 30.3. The number of aliphatic hydroxyl groups excluding tert-OH is 1. The van der Waals surface area contributed by atoms with Crippen LogP contribution in [0, 0.1) is 0 Å². The fourth-order valence-electron chi connectivity index (χ4n) is 6.47. The highest BCUT2D eigenvalue weighted by Crippen LogP contribution is 2.24. The van der Waals surface area contributed by atoms with Crippen LogP contribution in [0.1, 0.15) is 72.2 Å². The molecule has 52 heavy (non-hydrogen) atoms. The molecule has 0 spiro atoms. The van der Waals surface area contributed by atoms with Crippen LogP contribution in [0.2, 0.25) is 5.02 Å². The lowest BCUT2D eigenvalue weighted by Gasteiger charge is -2.19. The van der Waals surface area contributed by atoms with Crippen LogP contribution in [0.4, 0.5) is 0 Å². The molecule has 2 heterocycles. The van der Waals surface area contributed by atoms with Crippen LogP contribution in [0.25, 0.3) is 10.8 Å². The minimum atomic E-state index is -0.598. The number of ketones is 1. The van der Waals surface area contributed by atoms with Crippen LogP contribution in [-0.2, 0) is 12.8 Å². The van der Waals surface area contributed by atoms with Crippen molar-refractivity contribution in [2.24, 2.45) is 0 Å². The van der Waals surface area contributed by atoms with E-state index in [1.54, 1.807) is 16.8 Å². The van der Waals surface area contributed by atoms with E-state index < -0.39 is 6.10 Å². The number of hydrogen-bond acceptors (Lipinski definition) is 7. The Balaban J connectivity index is 0.000000202. The Kier molecular flexibility index (Phi) is 15.0. The number of aryl methyl sites for hydroxylation is 1. The van der Waals surface area contributed by atoms with Gasteiger partial charge in [-0.05, 0) is 100 Å². The van der Waals surface area contributed by atoms with Gasteiger partial charge in [0, 0.05) is 29.8 Å². The lowest BCUT2D eigenvalue weighted by Crippen LogP contribution is -2.32. The van der Waals surface area contributed by atoms with E-state index in [1.165, 1.54) is 0 Å². The van der Waals surface area contributed by atoms with Crippen molar-refractivity contribution < 1.29 is 14.6 Å². The molecule has 5 aromatic rings. The normalized spacial score (nSPS) is 15.3. The van der Waals surface area contributed by atoms with Crippen LogP contribution in [0.15, 0.2) is 108 Å². The molecule has 6 rings (SSSR count). The maximum atomic E-state index is 13.1. The van der Waals surface area contributed by atoms with Gasteiger partial charge in [-0.1, -0.05) is 91.3 Å². The molecule has 0 amide bonds. The molecule has 0 aliphatic carbocycles. The number of para-hydroxylation sites is 1. The summed E-state index contributed by atoms with van der Waals surface area (Å²) in [6.07, 6.45) is 5.30. The summed E-state index contributed by atoms with van der Waals surface area (Å²) in [7, 11) is 2.14. The molecule has 1 saturated heterocycles. The summed E-state index contributed by atoms with van der Waals surface area (Å²) in [5, 5.41) is 20.4. The van der Waals surface area contributed by atoms with Crippen molar-refractivity contribution in [1.82, 2.24) is 20.0 Å². The second-order valence-corrected chi connectivity index (χ2v) is 13.9. The second kappa shape index (κ2) is 20.0. The molecule has 2 N–H and O–H groups in total. The van der Waals surface area contributed by atoms with E-state index in [4.69, 9.17) is 21.4 Å². The monoisotopic (exact) mass is 722 g/mol. The molecule has 1 fully saturated rings. The Bertz CT molecular complexity index is 1920. The molecule has 274 valence electrons. The van der Waals surface area contributed by atoms with E-state index in [0.717, 1.165) is 77.9 Å². The van der Waals surface area contributed by atoms with Gasteiger partial charge in [0.15, 0.2) is 5.78 Å². The van der Waals surface area contributed by atoms with Gasteiger partial charge in [0.25, 0.3) is 5.56 Å². The summed E-state index contributed by atoms with van der Waals surface area (Å²) in [4.78, 5) is 28.0. The zero-order chi connectivity index (χ0) is 36.7. The third-order valence-corrected chi connectivity index (χ3v) is 9.62. The highest BCUT2D eigenvalue weighted by Gasteiger charge is 2.21. The minimum Gasteiger partial charge on any atom is -0.490 e. The van der Waals surface area contributed by atoms with E-state index in [0.29, 0.717) is 37.1 Å². The smallest absolute Gasteiger partial charge is 0.274 e. The average molecular weight is 723 g/mol. The molecule has 0 bridgehead atoms. The molecule has 4 aromatic carbocycles. The predicted octanol–water partition coefficient (Wildman–Crippen LogP) is 7.54. The highest BCUT2D eigenvalue weighted by molar-refractivity contribution is 6.30. The van der Waals surface area contributed by atoms with Gasteiger partial charge >= 0.3 is 0 Å². The van der Waals surface area contributed by atoms with Crippen molar-refractivity contribution >= 4 is 28.2 Å². The fourth-order valence-corrected chi connectivity index (χ4v) is 6.59. The molecule has 0 radical (unpaired) electrons. The topological polar surface area (TPSA) is 96.7 Å². The van der Waals surface area contributed by atoms with Crippen molar-refractivity contribution in [2.75, 3.05) is 39.8 Å². The number of carbonyl (C=O) groups excluding carboxylic acids is 1. The van der Waals surface area contributed by atoms with Crippen LogP contribution in [0.3, 0.4) is 0 Å². The van der Waals surface area contributed by atoms with Gasteiger partial charge in [-0.2, -0.15) is 5.10 Å². The summed E-state index contributed by atoms with van der Waals surface area (Å²) in [6.45, 7) is 5.67. The summed E-state index contributed by atoms with van der Waals surface area (Å²) >= 11 is 6.02. The first kappa shape index (κ1) is 38.9. The van der Waals surface area contributed by atoms with Crippen molar-refractivity contribution in [2.45, 2.75) is 64.0 Å². The molecule has 1 aliphatic rings. The number of ether oxygens (including phenoxy) is 1. The van der Waals surface area contributed by atoms with Crippen LogP contribution in [-0.4, -0.2) is 71.5 Å². The number of carbonyl (C=O) groups is 1. The van der Waals surface area contributed by atoms with E-state index in [9.17, 15) is 14.7 Å². The molecule has 1 aromatic heterocycles. The Hall–Kier alpha value is -4.34. The van der Waals surface area contributed by atoms with E-state index >= 15 is 0 Å². The molecule has 0 saturated carbocycles. The highest BCUT2D eigenvalue weighted by atomic mass is 35.5. The third kappa shape index (κ3) is 11.3.